The van der Waals surface area contributed by atoms with Gasteiger partial charge in [0.15, 0.2) is 0 Å². The normalized spacial score (nSPS) is 12.3. The van der Waals surface area contributed by atoms with Gasteiger partial charge in [0.1, 0.15) is 6.61 Å². The molecule has 1 atom stereocenters. The maximum Gasteiger partial charge on any atom is 0.245 e. The SMILES string of the molecule is CC(C)CC(C)C(=O)NCCNC(=O)CO. The maximum absolute atomic E-state index is 11.5. The van der Waals surface area contributed by atoms with Crippen molar-refractivity contribution in [1.29, 1.82) is 0 Å². The van der Waals surface area contributed by atoms with Gasteiger partial charge in [-0.3, -0.25) is 9.59 Å². The number of hydrogen-bond acceptors (Lipinski definition) is 3. The van der Waals surface area contributed by atoms with Crippen molar-refractivity contribution >= 4 is 11.8 Å². The van der Waals surface area contributed by atoms with Gasteiger partial charge in [0.25, 0.3) is 0 Å². The molecule has 0 aromatic carbocycles. The van der Waals surface area contributed by atoms with Gasteiger partial charge in [-0.1, -0.05) is 20.8 Å². The van der Waals surface area contributed by atoms with E-state index < -0.39 is 12.5 Å². The fourth-order valence-electron chi connectivity index (χ4n) is 1.43. The molecule has 0 heterocycles. The molecule has 0 aliphatic carbocycles. The van der Waals surface area contributed by atoms with Gasteiger partial charge in [-0.15, -0.1) is 0 Å². The van der Waals surface area contributed by atoms with Gasteiger partial charge >= 0.3 is 0 Å². The molecular formula is C11H22N2O3. The molecule has 2 amide bonds. The van der Waals surface area contributed by atoms with Crippen molar-refractivity contribution in [3.05, 3.63) is 0 Å². The van der Waals surface area contributed by atoms with Crippen molar-refractivity contribution in [2.45, 2.75) is 27.2 Å². The summed E-state index contributed by atoms with van der Waals surface area (Å²) in [4.78, 5) is 22.2. The van der Waals surface area contributed by atoms with Crippen LogP contribution < -0.4 is 10.6 Å². The molecule has 1 unspecified atom stereocenters. The molecule has 0 rings (SSSR count). The molecule has 0 spiro atoms. The lowest BCUT2D eigenvalue weighted by Crippen LogP contribution is -2.38. The number of nitrogens with one attached hydrogen (secondary N) is 2. The smallest absolute Gasteiger partial charge is 0.245 e. The summed E-state index contributed by atoms with van der Waals surface area (Å²) in [6.45, 7) is 6.27. The summed E-state index contributed by atoms with van der Waals surface area (Å²) >= 11 is 0. The molecule has 0 aliphatic heterocycles. The molecule has 0 fully saturated rings. The van der Waals surface area contributed by atoms with E-state index in [9.17, 15) is 9.59 Å². The van der Waals surface area contributed by atoms with Crippen LogP contribution in [-0.2, 0) is 9.59 Å². The Morgan fingerprint density at radius 1 is 1.12 bits per heavy atom. The van der Waals surface area contributed by atoms with Gasteiger partial charge in [0.2, 0.25) is 11.8 Å². The Morgan fingerprint density at radius 3 is 2.19 bits per heavy atom. The average Bonchev–Trinajstić information content (AvgIpc) is 2.22. The Hall–Kier alpha value is -1.10. The first-order valence-corrected chi connectivity index (χ1v) is 5.62. The lowest BCUT2D eigenvalue weighted by atomic mass is 9.98. The lowest BCUT2D eigenvalue weighted by Gasteiger charge is -2.14. The van der Waals surface area contributed by atoms with E-state index >= 15 is 0 Å². The first-order chi connectivity index (χ1) is 7.47. The van der Waals surface area contributed by atoms with Crippen LogP contribution in [0.25, 0.3) is 0 Å². The molecule has 0 aliphatic rings. The van der Waals surface area contributed by atoms with E-state index in [1.165, 1.54) is 0 Å². The van der Waals surface area contributed by atoms with E-state index in [-0.39, 0.29) is 11.8 Å². The van der Waals surface area contributed by atoms with Crippen LogP contribution >= 0.6 is 0 Å². The van der Waals surface area contributed by atoms with Crippen LogP contribution in [0, 0.1) is 11.8 Å². The second kappa shape index (κ2) is 8.10. The first kappa shape index (κ1) is 14.9. The van der Waals surface area contributed by atoms with Crippen LogP contribution in [-0.4, -0.2) is 36.6 Å². The summed E-state index contributed by atoms with van der Waals surface area (Å²) in [5, 5.41) is 13.6. The van der Waals surface area contributed by atoms with Gasteiger partial charge < -0.3 is 15.7 Å². The average molecular weight is 230 g/mol. The zero-order chi connectivity index (χ0) is 12.6. The second-order valence-electron chi connectivity index (χ2n) is 4.33. The summed E-state index contributed by atoms with van der Waals surface area (Å²) in [5.74, 6) is 0.0693. The van der Waals surface area contributed by atoms with Crippen LogP contribution in [0.2, 0.25) is 0 Å². The highest BCUT2D eigenvalue weighted by atomic mass is 16.3. The maximum atomic E-state index is 11.5. The second-order valence-corrected chi connectivity index (χ2v) is 4.33. The van der Waals surface area contributed by atoms with Gasteiger partial charge in [-0.2, -0.15) is 0 Å². The fourth-order valence-corrected chi connectivity index (χ4v) is 1.43. The molecule has 94 valence electrons. The van der Waals surface area contributed by atoms with E-state index in [2.05, 4.69) is 24.5 Å². The predicted molar refractivity (Wildman–Crippen MR) is 61.7 cm³/mol. The fraction of sp³-hybridized carbons (Fsp3) is 0.818. The van der Waals surface area contributed by atoms with Gasteiger partial charge in [-0.25, -0.2) is 0 Å². The van der Waals surface area contributed by atoms with Crippen LogP contribution in [0.4, 0.5) is 0 Å². The van der Waals surface area contributed by atoms with E-state index in [1.54, 1.807) is 0 Å². The van der Waals surface area contributed by atoms with Crippen molar-refractivity contribution in [3.63, 3.8) is 0 Å². The Morgan fingerprint density at radius 2 is 1.69 bits per heavy atom. The minimum Gasteiger partial charge on any atom is -0.387 e. The number of hydrogen-bond donors (Lipinski definition) is 3. The predicted octanol–water partition coefficient (Wildman–Crippen LogP) is -0.107. The van der Waals surface area contributed by atoms with Crippen LogP contribution in [0.15, 0.2) is 0 Å². The lowest BCUT2D eigenvalue weighted by molar-refractivity contribution is -0.126. The Labute approximate surface area is 96.6 Å². The van der Waals surface area contributed by atoms with Crippen molar-refractivity contribution in [2.75, 3.05) is 19.7 Å². The van der Waals surface area contributed by atoms with Crippen LogP contribution in [0.1, 0.15) is 27.2 Å². The molecule has 5 nitrogen and oxygen atoms in total. The quantitative estimate of drug-likeness (QED) is 0.534. The van der Waals surface area contributed by atoms with Crippen molar-refractivity contribution < 1.29 is 14.7 Å². The number of aliphatic hydroxyl groups excluding tert-OH is 1. The van der Waals surface area contributed by atoms with Crippen LogP contribution in [0.5, 0.6) is 0 Å². The third-order valence-corrected chi connectivity index (χ3v) is 2.16. The molecule has 0 radical (unpaired) electrons. The number of amides is 2. The summed E-state index contributed by atoms with van der Waals surface area (Å²) < 4.78 is 0. The van der Waals surface area contributed by atoms with Crippen LogP contribution in [0.3, 0.4) is 0 Å². The third-order valence-electron chi connectivity index (χ3n) is 2.16. The first-order valence-electron chi connectivity index (χ1n) is 5.62. The highest BCUT2D eigenvalue weighted by Gasteiger charge is 2.13. The monoisotopic (exact) mass is 230 g/mol. The molecule has 0 saturated carbocycles. The minimum atomic E-state index is -0.516. The molecule has 0 bridgehead atoms. The highest BCUT2D eigenvalue weighted by Crippen LogP contribution is 2.10. The standard InChI is InChI=1S/C11H22N2O3/c1-8(2)6-9(3)11(16)13-5-4-12-10(15)7-14/h8-9,14H,4-7H2,1-3H3,(H,12,15)(H,13,16). The summed E-state index contributed by atoms with van der Waals surface area (Å²) in [6.07, 6.45) is 0.856. The van der Waals surface area contributed by atoms with Crippen molar-refractivity contribution in [1.82, 2.24) is 10.6 Å². The molecule has 3 N–H and O–H groups in total. The Balaban J connectivity index is 3.61. The van der Waals surface area contributed by atoms with Gasteiger partial charge in [0, 0.05) is 19.0 Å². The summed E-state index contributed by atoms with van der Waals surface area (Å²) in [6, 6.07) is 0. The molecule has 0 aromatic rings. The van der Waals surface area contributed by atoms with E-state index in [1.807, 2.05) is 6.92 Å². The number of carbonyl (C=O) groups is 2. The van der Waals surface area contributed by atoms with E-state index in [0.717, 1.165) is 6.42 Å². The molecule has 5 heteroatoms. The minimum absolute atomic E-state index is 0.00598. The van der Waals surface area contributed by atoms with E-state index in [0.29, 0.717) is 19.0 Å². The van der Waals surface area contributed by atoms with E-state index in [4.69, 9.17) is 5.11 Å². The third kappa shape index (κ3) is 7.23. The zero-order valence-corrected chi connectivity index (χ0v) is 10.2. The molecule has 0 aromatic heterocycles. The van der Waals surface area contributed by atoms with Crippen molar-refractivity contribution in [2.24, 2.45) is 11.8 Å². The molecular weight excluding hydrogens is 208 g/mol. The van der Waals surface area contributed by atoms with Crippen molar-refractivity contribution in [3.8, 4) is 0 Å². The van der Waals surface area contributed by atoms with Gasteiger partial charge in [0.05, 0.1) is 0 Å². The molecule has 16 heavy (non-hydrogen) atoms. The summed E-state index contributed by atoms with van der Waals surface area (Å²) in [7, 11) is 0. The summed E-state index contributed by atoms with van der Waals surface area (Å²) in [5.41, 5.74) is 0. The molecule has 0 saturated heterocycles. The largest absolute Gasteiger partial charge is 0.387 e. The Bertz CT molecular complexity index is 229. The zero-order valence-electron chi connectivity index (χ0n) is 10.2. The highest BCUT2D eigenvalue weighted by molar-refractivity contribution is 5.78. The Kier molecular flexibility index (Phi) is 7.54. The number of rotatable bonds is 7. The number of aliphatic hydroxyl groups is 1. The topological polar surface area (TPSA) is 78.4 Å². The van der Waals surface area contributed by atoms with Gasteiger partial charge in [-0.05, 0) is 12.3 Å². The number of carbonyl (C=O) groups excluding carboxylic acids is 2.